The number of nitrogens with zero attached hydrogens (tertiary/aromatic N) is 1. The zero-order chi connectivity index (χ0) is 6.53. The standard InChI is InChI=1S/C5H11N3S/c9-5-7-4-8-2-1-6-3-8/h5-6H,1-4H2,(H,7,9). The van der Waals surface area contributed by atoms with Gasteiger partial charge < -0.3 is 10.6 Å². The van der Waals surface area contributed by atoms with Gasteiger partial charge in [0.15, 0.2) is 0 Å². The summed E-state index contributed by atoms with van der Waals surface area (Å²) in [6.45, 7) is 4.07. The molecule has 0 radical (unpaired) electrons. The van der Waals surface area contributed by atoms with E-state index in [2.05, 4.69) is 27.8 Å². The molecule has 1 fully saturated rings. The fourth-order valence-corrected chi connectivity index (χ4v) is 0.929. The third-order valence-corrected chi connectivity index (χ3v) is 1.51. The number of thiocarbonyl (C=S) groups is 1. The smallest absolute Gasteiger partial charge is 0.0691 e. The van der Waals surface area contributed by atoms with E-state index in [-0.39, 0.29) is 0 Å². The van der Waals surface area contributed by atoms with Gasteiger partial charge in [0.25, 0.3) is 0 Å². The quantitative estimate of drug-likeness (QED) is 0.516. The summed E-state index contributed by atoms with van der Waals surface area (Å²) in [6.07, 6.45) is 0. The topological polar surface area (TPSA) is 27.3 Å². The van der Waals surface area contributed by atoms with Gasteiger partial charge in [-0.25, -0.2) is 0 Å². The summed E-state index contributed by atoms with van der Waals surface area (Å²) >= 11 is 4.60. The van der Waals surface area contributed by atoms with Gasteiger partial charge in [0.2, 0.25) is 0 Å². The van der Waals surface area contributed by atoms with Gasteiger partial charge in [-0.3, -0.25) is 4.90 Å². The molecule has 52 valence electrons. The van der Waals surface area contributed by atoms with Crippen molar-refractivity contribution in [3.05, 3.63) is 0 Å². The molecule has 0 aromatic heterocycles. The van der Waals surface area contributed by atoms with Crippen molar-refractivity contribution in [2.24, 2.45) is 0 Å². The van der Waals surface area contributed by atoms with Crippen LogP contribution in [0.1, 0.15) is 0 Å². The van der Waals surface area contributed by atoms with Crippen molar-refractivity contribution in [3.63, 3.8) is 0 Å². The molecule has 0 amide bonds. The van der Waals surface area contributed by atoms with E-state index >= 15 is 0 Å². The van der Waals surface area contributed by atoms with Crippen LogP contribution < -0.4 is 10.6 Å². The van der Waals surface area contributed by atoms with Crippen LogP contribution in [-0.4, -0.2) is 36.8 Å². The van der Waals surface area contributed by atoms with E-state index in [1.165, 1.54) is 0 Å². The van der Waals surface area contributed by atoms with Crippen LogP contribution in [0.25, 0.3) is 0 Å². The third-order valence-electron chi connectivity index (χ3n) is 1.34. The minimum Gasteiger partial charge on any atom is -0.369 e. The van der Waals surface area contributed by atoms with Gasteiger partial charge in [-0.15, -0.1) is 0 Å². The second-order valence-electron chi connectivity index (χ2n) is 2.03. The summed E-state index contributed by atoms with van der Waals surface area (Å²) in [4.78, 5) is 2.25. The second-order valence-corrected chi connectivity index (χ2v) is 2.27. The Morgan fingerprint density at radius 1 is 1.78 bits per heavy atom. The lowest BCUT2D eigenvalue weighted by Gasteiger charge is -2.11. The lowest BCUT2D eigenvalue weighted by atomic mass is 10.6. The zero-order valence-electron chi connectivity index (χ0n) is 5.26. The molecule has 0 unspecified atom stereocenters. The minimum atomic E-state index is 0.872. The summed E-state index contributed by atoms with van der Waals surface area (Å²) in [7, 11) is 0. The van der Waals surface area contributed by atoms with E-state index in [0.29, 0.717) is 0 Å². The molecule has 1 aliphatic heterocycles. The maximum absolute atomic E-state index is 4.60. The molecule has 0 aromatic rings. The van der Waals surface area contributed by atoms with Gasteiger partial charge >= 0.3 is 0 Å². The number of nitrogens with one attached hydrogen (secondary N) is 2. The normalized spacial score (nSPS) is 20.0. The van der Waals surface area contributed by atoms with Crippen LogP contribution >= 0.6 is 12.2 Å². The summed E-state index contributed by atoms with van der Waals surface area (Å²) in [5.41, 5.74) is 1.55. The second kappa shape index (κ2) is 3.76. The summed E-state index contributed by atoms with van der Waals surface area (Å²) in [5, 5.41) is 6.19. The highest BCUT2D eigenvalue weighted by atomic mass is 32.1. The Hall–Kier alpha value is -0.190. The molecular weight excluding hydrogens is 134 g/mol. The predicted octanol–water partition coefficient (Wildman–Crippen LogP) is -0.647. The largest absolute Gasteiger partial charge is 0.369 e. The van der Waals surface area contributed by atoms with E-state index < -0.39 is 0 Å². The molecule has 1 rings (SSSR count). The first kappa shape index (κ1) is 6.92. The van der Waals surface area contributed by atoms with E-state index in [0.717, 1.165) is 26.4 Å². The van der Waals surface area contributed by atoms with Crippen molar-refractivity contribution in [3.8, 4) is 0 Å². The molecule has 1 saturated heterocycles. The Morgan fingerprint density at radius 2 is 2.67 bits per heavy atom. The average molecular weight is 145 g/mol. The molecule has 0 aromatic carbocycles. The summed E-state index contributed by atoms with van der Waals surface area (Å²) in [5.74, 6) is 0. The third kappa shape index (κ3) is 2.26. The van der Waals surface area contributed by atoms with Gasteiger partial charge in [0.05, 0.1) is 12.2 Å². The van der Waals surface area contributed by atoms with Gasteiger partial charge in [-0.05, 0) is 0 Å². The molecule has 0 atom stereocenters. The molecule has 0 saturated carbocycles. The van der Waals surface area contributed by atoms with Crippen molar-refractivity contribution < 1.29 is 0 Å². The lowest BCUT2D eigenvalue weighted by Crippen LogP contribution is -2.31. The fourth-order valence-electron chi connectivity index (χ4n) is 0.855. The first-order valence-electron chi connectivity index (χ1n) is 3.03. The molecule has 0 spiro atoms. The van der Waals surface area contributed by atoms with E-state index in [1.54, 1.807) is 5.49 Å². The van der Waals surface area contributed by atoms with Crippen molar-refractivity contribution in [2.75, 3.05) is 26.4 Å². The Balaban J connectivity index is 2.04. The highest BCUT2D eigenvalue weighted by Gasteiger charge is 2.07. The van der Waals surface area contributed by atoms with Crippen molar-refractivity contribution >= 4 is 17.7 Å². The highest BCUT2D eigenvalue weighted by Crippen LogP contribution is 1.87. The summed E-state index contributed by atoms with van der Waals surface area (Å²) < 4.78 is 0. The molecule has 0 aliphatic carbocycles. The van der Waals surface area contributed by atoms with Crippen LogP contribution in [0.3, 0.4) is 0 Å². The van der Waals surface area contributed by atoms with Gasteiger partial charge in [-0.2, -0.15) is 0 Å². The maximum atomic E-state index is 4.60. The van der Waals surface area contributed by atoms with E-state index in [9.17, 15) is 0 Å². The molecule has 3 nitrogen and oxygen atoms in total. The number of rotatable bonds is 3. The predicted molar refractivity (Wildman–Crippen MR) is 41.2 cm³/mol. The molecule has 1 heterocycles. The monoisotopic (exact) mass is 145 g/mol. The molecular formula is C5H11N3S. The van der Waals surface area contributed by atoms with Gasteiger partial charge in [-0.1, -0.05) is 12.2 Å². The van der Waals surface area contributed by atoms with E-state index in [1.807, 2.05) is 0 Å². The van der Waals surface area contributed by atoms with Crippen molar-refractivity contribution in [1.29, 1.82) is 0 Å². The van der Waals surface area contributed by atoms with Crippen LogP contribution in [0, 0.1) is 0 Å². The van der Waals surface area contributed by atoms with Crippen molar-refractivity contribution in [2.45, 2.75) is 0 Å². The Kier molecular flexibility index (Phi) is 2.90. The molecule has 1 aliphatic rings. The average Bonchev–Trinajstić information content (AvgIpc) is 2.34. The minimum absolute atomic E-state index is 0.872. The number of hydrogen-bond donors (Lipinski definition) is 2. The highest BCUT2D eigenvalue weighted by molar-refractivity contribution is 7.78. The summed E-state index contributed by atoms with van der Waals surface area (Å²) in [6, 6.07) is 0. The van der Waals surface area contributed by atoms with Crippen LogP contribution in [-0.2, 0) is 0 Å². The molecule has 9 heavy (non-hydrogen) atoms. The van der Waals surface area contributed by atoms with Gasteiger partial charge in [0, 0.05) is 19.8 Å². The Bertz CT molecular complexity index is 90.2. The zero-order valence-corrected chi connectivity index (χ0v) is 6.08. The molecule has 4 heteroatoms. The first-order valence-corrected chi connectivity index (χ1v) is 3.51. The SMILES string of the molecule is S=CNCN1CCNC1. The van der Waals surface area contributed by atoms with Crippen LogP contribution in [0.15, 0.2) is 0 Å². The van der Waals surface area contributed by atoms with E-state index in [4.69, 9.17) is 0 Å². The van der Waals surface area contributed by atoms with Gasteiger partial charge in [0.1, 0.15) is 0 Å². The number of hydrogen-bond acceptors (Lipinski definition) is 3. The van der Waals surface area contributed by atoms with Crippen LogP contribution in [0.2, 0.25) is 0 Å². The fraction of sp³-hybridized carbons (Fsp3) is 0.800. The Morgan fingerprint density at radius 3 is 3.22 bits per heavy atom. The van der Waals surface area contributed by atoms with Crippen molar-refractivity contribution in [1.82, 2.24) is 15.5 Å². The lowest BCUT2D eigenvalue weighted by molar-refractivity contribution is 0.331. The molecule has 2 N–H and O–H groups in total. The van der Waals surface area contributed by atoms with Crippen LogP contribution in [0.5, 0.6) is 0 Å². The molecule has 0 bridgehead atoms. The first-order chi connectivity index (χ1) is 4.43. The Labute approximate surface area is 60.4 Å². The van der Waals surface area contributed by atoms with Crippen LogP contribution in [0.4, 0.5) is 0 Å². The maximum Gasteiger partial charge on any atom is 0.0691 e.